The number of rotatable bonds is 17. The van der Waals surface area contributed by atoms with E-state index in [0.717, 1.165) is 0 Å². The van der Waals surface area contributed by atoms with Gasteiger partial charge >= 0.3 is 58.4 Å². The summed E-state index contributed by atoms with van der Waals surface area (Å²) in [6.45, 7) is 0. The summed E-state index contributed by atoms with van der Waals surface area (Å²) in [5, 5.41) is -2.14. The van der Waals surface area contributed by atoms with Crippen molar-refractivity contribution in [3.8, 4) is 0 Å². The van der Waals surface area contributed by atoms with Crippen molar-refractivity contribution in [2.75, 3.05) is 71.1 Å². The number of carbonyl (C=O) groups is 2. The van der Waals surface area contributed by atoms with E-state index in [1.165, 1.54) is 71.1 Å². The van der Waals surface area contributed by atoms with Crippen molar-refractivity contribution in [3.63, 3.8) is 0 Å². The first-order chi connectivity index (χ1) is 16.2. The molecule has 13 nitrogen and oxygen atoms in total. The van der Waals surface area contributed by atoms with Gasteiger partial charge in [0.25, 0.3) is 0 Å². The third kappa shape index (κ3) is 5.26. The molecule has 1 saturated heterocycles. The van der Waals surface area contributed by atoms with Crippen molar-refractivity contribution in [1.82, 2.24) is 0 Å². The zero-order chi connectivity index (χ0) is 26.1. The molecule has 0 aromatic carbocycles. The summed E-state index contributed by atoms with van der Waals surface area (Å²) in [6, 6.07) is 0. The first-order valence-electron chi connectivity index (χ1n) is 10.3. The molecule has 0 N–H and O–H groups in total. The summed E-state index contributed by atoms with van der Waals surface area (Å²) in [5.74, 6) is -1.63. The van der Waals surface area contributed by atoms with Crippen molar-refractivity contribution >= 4 is 58.4 Å². The Morgan fingerprint density at radius 3 is 1.24 bits per heavy atom. The maximum atomic E-state index is 13.8. The van der Waals surface area contributed by atoms with Gasteiger partial charge in [0.1, 0.15) is 5.04 Å². The normalized spacial score (nSPS) is 20.7. The van der Waals surface area contributed by atoms with Crippen molar-refractivity contribution in [1.29, 1.82) is 0 Å². The van der Waals surface area contributed by atoms with Gasteiger partial charge in [-0.3, -0.25) is 9.59 Å². The smallest absolute Gasteiger partial charge is 0.341 e. The fourth-order valence-corrected chi connectivity index (χ4v) is 21.4. The van der Waals surface area contributed by atoms with Crippen LogP contribution in [0.5, 0.6) is 0 Å². The second-order valence-corrected chi connectivity index (χ2v) is 21.6. The molecule has 200 valence electrons. The molecule has 1 fully saturated rings. The number of hydrogen-bond donors (Lipinski definition) is 0. The number of hydrogen-bond acceptors (Lipinski definition) is 13. The molecule has 0 radical (unpaired) electrons. The summed E-state index contributed by atoms with van der Waals surface area (Å²) in [7, 11) is 0.366. The average molecular weight is 579 g/mol. The van der Waals surface area contributed by atoms with Crippen molar-refractivity contribution in [3.05, 3.63) is 0 Å². The molecule has 0 saturated carbocycles. The van der Waals surface area contributed by atoms with E-state index in [1.54, 1.807) is 0 Å². The Morgan fingerprint density at radius 1 is 0.588 bits per heavy atom. The van der Waals surface area contributed by atoms with Gasteiger partial charge in [-0.15, -0.1) is 0 Å². The summed E-state index contributed by atoms with van der Waals surface area (Å²) in [4.78, 5) is 27.5. The second-order valence-electron chi connectivity index (χ2n) is 7.47. The summed E-state index contributed by atoms with van der Waals surface area (Å²) in [5.41, 5.74) is 0. The highest BCUT2D eigenvalue weighted by molar-refractivity contribution is 6.83. The first-order valence-corrected chi connectivity index (χ1v) is 18.1. The number of cyclic esters (lactones) is 2. The van der Waals surface area contributed by atoms with E-state index in [-0.39, 0.29) is 6.42 Å². The molecule has 0 aromatic rings. The van der Waals surface area contributed by atoms with Crippen molar-refractivity contribution < 1.29 is 58.6 Å². The van der Waals surface area contributed by atoms with Gasteiger partial charge in [-0.2, -0.15) is 0 Å². The largest absolute Gasteiger partial charge is 0.400 e. The number of carbonyl (C=O) groups excluding carboxylic acids is 2. The molecule has 0 bridgehead atoms. The van der Waals surface area contributed by atoms with Crippen LogP contribution in [0.25, 0.3) is 0 Å². The minimum absolute atomic E-state index is 0.000278. The van der Waals surface area contributed by atoms with Crippen LogP contribution < -0.4 is 0 Å². The molecule has 0 amide bonds. The van der Waals surface area contributed by atoms with Gasteiger partial charge in [-0.05, 0) is 6.42 Å². The Bertz CT molecular complexity index is 617. The van der Waals surface area contributed by atoms with Crippen LogP contribution in [0.15, 0.2) is 0 Å². The Balaban J connectivity index is 4.10. The topological polar surface area (TPSA) is 136 Å². The predicted molar refractivity (Wildman–Crippen MR) is 131 cm³/mol. The predicted octanol–water partition coefficient (Wildman–Crippen LogP) is -2.04. The van der Waals surface area contributed by atoms with Gasteiger partial charge in [0, 0.05) is 76.3 Å². The van der Waals surface area contributed by atoms with Crippen LogP contribution >= 0.6 is 0 Å². The quantitative estimate of drug-likeness (QED) is 0.107. The zero-order valence-electron chi connectivity index (χ0n) is 21.5. The van der Waals surface area contributed by atoms with Crippen molar-refractivity contribution in [2.45, 2.75) is 21.3 Å². The fraction of sp³-hybridized carbons (Fsp3) is 0.875. The van der Waals surface area contributed by atoms with Crippen LogP contribution in [0.1, 0.15) is 6.42 Å². The lowest BCUT2D eigenvalue weighted by Gasteiger charge is -2.47. The highest BCUT2D eigenvalue weighted by Crippen LogP contribution is 2.67. The van der Waals surface area contributed by atoms with Gasteiger partial charge < -0.3 is 49.0 Å². The van der Waals surface area contributed by atoms with E-state index in [1.807, 2.05) is 0 Å². The van der Waals surface area contributed by atoms with E-state index >= 15 is 0 Å². The van der Waals surface area contributed by atoms with Gasteiger partial charge in [-0.1, -0.05) is 0 Å². The third-order valence-corrected chi connectivity index (χ3v) is 21.5. The van der Waals surface area contributed by atoms with Crippen LogP contribution in [-0.4, -0.2) is 129 Å². The lowest BCUT2D eigenvalue weighted by atomic mass is 10.0. The molecule has 0 aliphatic carbocycles. The van der Waals surface area contributed by atoms with E-state index < -0.39 is 73.2 Å². The van der Waals surface area contributed by atoms with Crippen molar-refractivity contribution in [2.24, 2.45) is 0 Å². The molecule has 1 aliphatic heterocycles. The maximum absolute atomic E-state index is 13.8. The number of esters is 2. The maximum Gasteiger partial charge on any atom is 0.341 e. The molecule has 1 atom stereocenters. The third-order valence-electron chi connectivity index (χ3n) is 6.24. The molecule has 34 heavy (non-hydrogen) atoms. The van der Waals surface area contributed by atoms with Gasteiger partial charge in [0.15, 0.2) is 4.66 Å². The van der Waals surface area contributed by atoms with Crippen LogP contribution in [0, 0.1) is 0 Å². The number of ether oxygens (including phenoxy) is 1. The molecular formula is C16H38O13Si5. The summed E-state index contributed by atoms with van der Waals surface area (Å²) >= 11 is 0. The Morgan fingerprint density at radius 2 is 0.941 bits per heavy atom. The van der Waals surface area contributed by atoms with Crippen LogP contribution in [0.3, 0.4) is 0 Å². The standard InChI is InChI=1S/C16H38O13Si5/c1-19-30(20-2)12(31(21-3)22-4)11-15(32(23-5)24-6)13(17)29-14(18)16(15,33(25-7)26-8)34(27-9)28-10/h12,30-34H,11H2,1-10H3. The average Bonchev–Trinajstić information content (AvgIpc) is 3.05. The zero-order valence-corrected chi connectivity index (χ0v) is 27.3. The van der Waals surface area contributed by atoms with Crippen LogP contribution in [0.4, 0.5) is 0 Å². The summed E-state index contributed by atoms with van der Waals surface area (Å²) < 4.78 is 61.0. The van der Waals surface area contributed by atoms with Gasteiger partial charge in [0.05, 0.1) is 0 Å². The van der Waals surface area contributed by atoms with E-state index in [2.05, 4.69) is 0 Å². The molecule has 1 aliphatic rings. The molecule has 18 heteroatoms. The molecule has 0 spiro atoms. The van der Waals surface area contributed by atoms with E-state index in [4.69, 9.17) is 49.0 Å². The van der Waals surface area contributed by atoms with Crippen LogP contribution in [0.2, 0.25) is 14.9 Å². The Labute approximate surface area is 209 Å². The van der Waals surface area contributed by atoms with Crippen LogP contribution in [-0.2, 0) is 58.6 Å². The first kappa shape index (κ1) is 31.9. The van der Waals surface area contributed by atoms with Gasteiger partial charge in [-0.25, -0.2) is 0 Å². The lowest BCUT2D eigenvalue weighted by Crippen LogP contribution is -2.63. The highest BCUT2D eigenvalue weighted by Gasteiger charge is 2.82. The monoisotopic (exact) mass is 578 g/mol. The van der Waals surface area contributed by atoms with E-state index in [0.29, 0.717) is 0 Å². The molecule has 0 aromatic heterocycles. The second kappa shape index (κ2) is 14.5. The van der Waals surface area contributed by atoms with Gasteiger partial charge in [0.2, 0.25) is 0 Å². The van der Waals surface area contributed by atoms with E-state index in [9.17, 15) is 9.59 Å². The molecule has 1 rings (SSSR count). The minimum atomic E-state index is -3.08. The molecule has 1 unspecified atom stereocenters. The Hall–Kier alpha value is -0.176. The Kier molecular flexibility index (Phi) is 13.6. The fourth-order valence-electron chi connectivity index (χ4n) is 4.99. The SMILES string of the molecule is CO[SiH](OC)C(CC1([SiH](OC)OC)C(=O)OC(=O)C1([SiH](OC)OC)[SiH](OC)OC)[SiH](OC)OC. The summed E-state index contributed by atoms with van der Waals surface area (Å²) in [6.07, 6.45) is -0.000278. The molecular weight excluding hydrogens is 541 g/mol. The molecule has 1 heterocycles. The highest BCUT2D eigenvalue weighted by atomic mass is 28.4. The lowest BCUT2D eigenvalue weighted by molar-refractivity contribution is -0.153. The minimum Gasteiger partial charge on any atom is -0.400 e.